The second-order valence-electron chi connectivity index (χ2n) is 7.91. The van der Waals surface area contributed by atoms with Crippen LogP contribution in [0.25, 0.3) is 0 Å². The van der Waals surface area contributed by atoms with Gasteiger partial charge in [0.05, 0.1) is 6.42 Å². The van der Waals surface area contributed by atoms with E-state index in [-0.39, 0.29) is 18.2 Å². The molecule has 1 heterocycles. The molecule has 2 aromatic carbocycles. The average molecular weight is 439 g/mol. The number of benzene rings is 2. The molecule has 8 nitrogen and oxygen atoms in total. The van der Waals surface area contributed by atoms with Crippen LogP contribution in [0.4, 0.5) is 5.69 Å². The van der Waals surface area contributed by atoms with Crippen LogP contribution in [0.2, 0.25) is 0 Å². The smallest absolute Gasteiger partial charge is 0.305 e. The zero-order valence-corrected chi connectivity index (χ0v) is 18.0. The van der Waals surface area contributed by atoms with E-state index in [1.165, 1.54) is 0 Å². The molecule has 0 radical (unpaired) electrons. The SMILES string of the molecule is NCCCCNC(=O)c1ccc2c(c1)NC(CC(=O)O)C(=O)N(CCc1ccccc1)C2. The fourth-order valence-electron chi connectivity index (χ4n) is 3.73. The van der Waals surface area contributed by atoms with Crippen molar-refractivity contribution < 1.29 is 19.5 Å². The fraction of sp³-hybridized carbons (Fsp3) is 0.375. The Kier molecular flexibility index (Phi) is 8.21. The zero-order chi connectivity index (χ0) is 22.9. The standard InChI is InChI=1S/C24H30N4O4/c25-11-4-5-12-26-23(31)18-8-9-19-16-28(13-10-17-6-2-1-3-7-17)24(32)21(15-22(29)30)27-20(19)14-18/h1-3,6-9,14,21,27H,4-5,10-13,15-16,25H2,(H,26,31)(H,29,30). The minimum atomic E-state index is -1.06. The van der Waals surface area contributed by atoms with Gasteiger partial charge in [-0.1, -0.05) is 36.4 Å². The summed E-state index contributed by atoms with van der Waals surface area (Å²) in [5.74, 6) is -1.53. The predicted octanol–water partition coefficient (Wildman–Crippen LogP) is 2.00. The third kappa shape index (κ3) is 6.31. The number of carbonyl (C=O) groups is 3. The lowest BCUT2D eigenvalue weighted by molar-refractivity contribution is -0.141. The third-order valence-corrected chi connectivity index (χ3v) is 5.48. The van der Waals surface area contributed by atoms with Gasteiger partial charge in [-0.15, -0.1) is 0 Å². The number of hydrogen-bond acceptors (Lipinski definition) is 5. The Morgan fingerprint density at radius 2 is 1.94 bits per heavy atom. The Morgan fingerprint density at radius 3 is 2.66 bits per heavy atom. The van der Waals surface area contributed by atoms with Crippen molar-refractivity contribution in [2.24, 2.45) is 5.73 Å². The van der Waals surface area contributed by atoms with Gasteiger partial charge in [0.25, 0.3) is 5.91 Å². The van der Waals surface area contributed by atoms with Crippen LogP contribution in [0.15, 0.2) is 48.5 Å². The molecule has 0 aliphatic carbocycles. The molecule has 1 aliphatic rings. The number of nitrogens with one attached hydrogen (secondary N) is 2. The Bertz CT molecular complexity index is 948. The lowest BCUT2D eigenvalue weighted by atomic mass is 10.1. The number of carbonyl (C=O) groups excluding carboxylic acids is 2. The molecule has 2 aromatic rings. The monoisotopic (exact) mass is 438 g/mol. The maximum absolute atomic E-state index is 13.1. The van der Waals surface area contributed by atoms with Gasteiger partial charge in [-0.25, -0.2) is 0 Å². The first-order valence-electron chi connectivity index (χ1n) is 10.9. The van der Waals surface area contributed by atoms with Crippen LogP contribution in [0.3, 0.4) is 0 Å². The maximum atomic E-state index is 13.1. The van der Waals surface area contributed by atoms with E-state index in [4.69, 9.17) is 5.73 Å². The minimum absolute atomic E-state index is 0.210. The molecule has 0 aromatic heterocycles. The number of carboxylic acids is 1. The van der Waals surface area contributed by atoms with Crippen molar-refractivity contribution in [3.05, 3.63) is 65.2 Å². The Labute approximate surface area is 187 Å². The number of hydrogen-bond donors (Lipinski definition) is 4. The van der Waals surface area contributed by atoms with Gasteiger partial charge < -0.3 is 26.4 Å². The van der Waals surface area contributed by atoms with Crippen molar-refractivity contribution in [3.63, 3.8) is 0 Å². The molecular weight excluding hydrogens is 408 g/mol. The molecule has 0 bridgehead atoms. The summed E-state index contributed by atoms with van der Waals surface area (Å²) < 4.78 is 0. The van der Waals surface area contributed by atoms with Crippen LogP contribution >= 0.6 is 0 Å². The second kappa shape index (κ2) is 11.3. The fourth-order valence-corrected chi connectivity index (χ4v) is 3.73. The predicted molar refractivity (Wildman–Crippen MR) is 122 cm³/mol. The number of aliphatic carboxylic acids is 1. The van der Waals surface area contributed by atoms with E-state index in [2.05, 4.69) is 10.6 Å². The number of amides is 2. The first kappa shape index (κ1) is 23.3. The Balaban J connectivity index is 1.78. The van der Waals surface area contributed by atoms with Crippen molar-refractivity contribution in [3.8, 4) is 0 Å². The van der Waals surface area contributed by atoms with Gasteiger partial charge in [0, 0.05) is 30.9 Å². The number of anilines is 1. The van der Waals surface area contributed by atoms with E-state index in [1.807, 2.05) is 36.4 Å². The van der Waals surface area contributed by atoms with E-state index in [0.717, 1.165) is 24.0 Å². The van der Waals surface area contributed by atoms with Crippen LogP contribution in [0.5, 0.6) is 0 Å². The Morgan fingerprint density at radius 1 is 1.16 bits per heavy atom. The summed E-state index contributed by atoms with van der Waals surface area (Å²) in [6, 6.07) is 14.2. The highest BCUT2D eigenvalue weighted by atomic mass is 16.4. The van der Waals surface area contributed by atoms with Crippen molar-refractivity contribution in [1.29, 1.82) is 0 Å². The summed E-state index contributed by atoms with van der Waals surface area (Å²) in [5.41, 5.74) is 8.50. The lowest BCUT2D eigenvalue weighted by Gasteiger charge is -2.24. The van der Waals surface area contributed by atoms with Gasteiger partial charge in [-0.3, -0.25) is 14.4 Å². The van der Waals surface area contributed by atoms with E-state index in [0.29, 0.717) is 43.9 Å². The molecule has 32 heavy (non-hydrogen) atoms. The first-order chi connectivity index (χ1) is 15.5. The number of fused-ring (bicyclic) bond motifs is 1. The van der Waals surface area contributed by atoms with Gasteiger partial charge >= 0.3 is 5.97 Å². The average Bonchev–Trinajstić information content (AvgIpc) is 2.91. The topological polar surface area (TPSA) is 125 Å². The summed E-state index contributed by atoms with van der Waals surface area (Å²) in [5, 5.41) is 15.3. The van der Waals surface area contributed by atoms with Gasteiger partial charge in [-0.2, -0.15) is 0 Å². The number of nitrogens with two attached hydrogens (primary N) is 1. The molecule has 2 amide bonds. The number of unbranched alkanes of at least 4 members (excludes halogenated alkanes) is 1. The molecule has 0 saturated heterocycles. The third-order valence-electron chi connectivity index (χ3n) is 5.48. The quantitative estimate of drug-likeness (QED) is 0.421. The minimum Gasteiger partial charge on any atom is -0.481 e. The largest absolute Gasteiger partial charge is 0.481 e. The summed E-state index contributed by atoms with van der Waals surface area (Å²) >= 11 is 0. The molecule has 0 saturated carbocycles. The van der Waals surface area contributed by atoms with E-state index < -0.39 is 12.0 Å². The molecule has 1 unspecified atom stereocenters. The normalized spacial score (nSPS) is 15.5. The summed E-state index contributed by atoms with van der Waals surface area (Å²) in [6.07, 6.45) is 1.97. The molecule has 1 aliphatic heterocycles. The van der Waals surface area contributed by atoms with Gasteiger partial charge in [0.1, 0.15) is 6.04 Å². The summed E-state index contributed by atoms with van der Waals surface area (Å²) in [7, 11) is 0. The molecule has 0 fully saturated rings. The number of carboxylic acid groups (broad SMARTS) is 1. The van der Waals surface area contributed by atoms with E-state index in [1.54, 1.807) is 17.0 Å². The van der Waals surface area contributed by atoms with Gasteiger partial charge in [0.15, 0.2) is 0 Å². The van der Waals surface area contributed by atoms with Crippen LogP contribution in [0, 0.1) is 0 Å². The van der Waals surface area contributed by atoms with Gasteiger partial charge in [0.2, 0.25) is 5.91 Å². The van der Waals surface area contributed by atoms with Gasteiger partial charge in [-0.05, 0) is 49.1 Å². The van der Waals surface area contributed by atoms with Crippen molar-refractivity contribution in [2.45, 2.75) is 38.3 Å². The highest BCUT2D eigenvalue weighted by molar-refractivity contribution is 5.96. The van der Waals surface area contributed by atoms with Crippen LogP contribution in [0.1, 0.15) is 40.7 Å². The maximum Gasteiger partial charge on any atom is 0.305 e. The molecular formula is C24H30N4O4. The molecule has 5 N–H and O–H groups in total. The zero-order valence-electron chi connectivity index (χ0n) is 18.0. The molecule has 3 rings (SSSR count). The van der Waals surface area contributed by atoms with E-state index >= 15 is 0 Å². The summed E-state index contributed by atoms with van der Waals surface area (Å²) in [6.45, 7) is 1.94. The number of nitrogens with zero attached hydrogens (tertiary/aromatic N) is 1. The Hall–Kier alpha value is -3.39. The molecule has 170 valence electrons. The molecule has 8 heteroatoms. The molecule has 0 spiro atoms. The first-order valence-corrected chi connectivity index (χ1v) is 10.9. The summed E-state index contributed by atoms with van der Waals surface area (Å²) in [4.78, 5) is 38.7. The highest BCUT2D eigenvalue weighted by Crippen LogP contribution is 2.26. The molecule has 1 atom stereocenters. The number of rotatable bonds is 10. The second-order valence-corrected chi connectivity index (χ2v) is 7.91. The van der Waals surface area contributed by atoms with Crippen molar-refractivity contribution >= 4 is 23.5 Å². The highest BCUT2D eigenvalue weighted by Gasteiger charge is 2.31. The van der Waals surface area contributed by atoms with Crippen molar-refractivity contribution in [2.75, 3.05) is 25.0 Å². The van der Waals surface area contributed by atoms with Crippen LogP contribution < -0.4 is 16.4 Å². The lowest BCUT2D eigenvalue weighted by Crippen LogP contribution is -2.42. The van der Waals surface area contributed by atoms with Crippen molar-refractivity contribution in [1.82, 2.24) is 10.2 Å². The van der Waals surface area contributed by atoms with Crippen LogP contribution in [-0.4, -0.2) is 53.5 Å². The van der Waals surface area contributed by atoms with Crippen LogP contribution in [-0.2, 0) is 22.6 Å². The van der Waals surface area contributed by atoms with E-state index in [9.17, 15) is 19.5 Å².